The third kappa shape index (κ3) is 7.52. The second-order valence-corrected chi connectivity index (χ2v) is 11.8. The van der Waals surface area contributed by atoms with Gasteiger partial charge in [0.2, 0.25) is 11.8 Å². The number of nitrogens with one attached hydrogen (secondary N) is 1. The van der Waals surface area contributed by atoms with Crippen LogP contribution in [0.15, 0.2) is 77.7 Å². The lowest BCUT2D eigenvalue weighted by molar-refractivity contribution is -0.139. The van der Waals surface area contributed by atoms with E-state index < -0.39 is 28.5 Å². The van der Waals surface area contributed by atoms with Gasteiger partial charge in [0.1, 0.15) is 18.3 Å². The predicted octanol–water partition coefficient (Wildman–Crippen LogP) is 4.79. The zero-order chi connectivity index (χ0) is 28.7. The highest BCUT2D eigenvalue weighted by Gasteiger charge is 2.34. The molecule has 0 aliphatic carbocycles. The number of amides is 2. The number of methoxy groups -OCH3 is 1. The van der Waals surface area contributed by atoms with Crippen molar-refractivity contribution in [3.8, 4) is 5.75 Å². The fraction of sp³-hybridized carbons (Fsp3) is 0.310. The highest BCUT2D eigenvalue weighted by molar-refractivity contribution is 7.92. The largest absolute Gasteiger partial charge is 0.495 e. The molecule has 3 aromatic rings. The van der Waals surface area contributed by atoms with Crippen LogP contribution in [0.25, 0.3) is 0 Å². The van der Waals surface area contributed by atoms with E-state index in [2.05, 4.69) is 5.32 Å². The molecule has 3 aromatic carbocycles. The number of rotatable bonds is 11. The van der Waals surface area contributed by atoms with Crippen molar-refractivity contribution in [3.05, 3.63) is 88.9 Å². The van der Waals surface area contributed by atoms with E-state index >= 15 is 0 Å². The first-order chi connectivity index (χ1) is 18.4. The molecule has 0 spiro atoms. The van der Waals surface area contributed by atoms with E-state index in [1.165, 1.54) is 30.2 Å². The fourth-order valence-electron chi connectivity index (χ4n) is 4.09. The van der Waals surface area contributed by atoms with Gasteiger partial charge >= 0.3 is 0 Å². The molecule has 2 amide bonds. The van der Waals surface area contributed by atoms with Crippen LogP contribution in [-0.4, -0.2) is 50.9 Å². The number of hydrogen-bond donors (Lipinski definition) is 1. The Morgan fingerprint density at radius 3 is 2.28 bits per heavy atom. The van der Waals surface area contributed by atoms with E-state index in [0.29, 0.717) is 0 Å². The van der Waals surface area contributed by atoms with Gasteiger partial charge in [0, 0.05) is 17.6 Å². The second kappa shape index (κ2) is 13.0. The fourth-order valence-corrected chi connectivity index (χ4v) is 5.69. The zero-order valence-electron chi connectivity index (χ0n) is 22.7. The number of halogens is 1. The van der Waals surface area contributed by atoms with Crippen molar-refractivity contribution in [2.75, 3.05) is 18.0 Å². The van der Waals surface area contributed by atoms with E-state index in [4.69, 9.17) is 16.3 Å². The maximum atomic E-state index is 14.0. The summed E-state index contributed by atoms with van der Waals surface area (Å²) in [6.45, 7) is 6.75. The van der Waals surface area contributed by atoms with Gasteiger partial charge in [-0.2, -0.15) is 0 Å². The van der Waals surface area contributed by atoms with E-state index in [-0.39, 0.29) is 39.8 Å². The monoisotopic (exact) mass is 571 g/mol. The molecule has 0 aromatic heterocycles. The first-order valence-corrected chi connectivity index (χ1v) is 14.3. The van der Waals surface area contributed by atoms with Crippen LogP contribution in [0, 0.1) is 6.92 Å². The Morgan fingerprint density at radius 2 is 1.67 bits per heavy atom. The lowest BCUT2D eigenvalue weighted by Gasteiger charge is -2.32. The van der Waals surface area contributed by atoms with Crippen molar-refractivity contribution in [3.63, 3.8) is 0 Å². The maximum Gasteiger partial charge on any atom is 0.264 e. The number of nitrogens with zero attached hydrogens (tertiary/aromatic N) is 2. The quantitative estimate of drug-likeness (QED) is 0.357. The SMILES string of the molecule is COc1ccc(Cl)cc1N(CC(=O)N(Cc1cccc(C)c1)[C@@H](C)C(=O)NC(C)C)S(=O)(=O)c1ccccc1. The minimum absolute atomic E-state index is 0.00402. The third-order valence-corrected chi connectivity index (χ3v) is 8.06. The number of aryl methyl sites for hydroxylation is 1. The van der Waals surface area contributed by atoms with Gasteiger partial charge in [-0.25, -0.2) is 8.42 Å². The molecule has 0 heterocycles. The van der Waals surface area contributed by atoms with Crippen molar-refractivity contribution in [2.45, 2.75) is 51.2 Å². The van der Waals surface area contributed by atoms with E-state index in [1.54, 1.807) is 37.3 Å². The van der Waals surface area contributed by atoms with Crippen LogP contribution in [-0.2, 0) is 26.2 Å². The van der Waals surface area contributed by atoms with Crippen molar-refractivity contribution in [2.24, 2.45) is 0 Å². The lowest BCUT2D eigenvalue weighted by atomic mass is 10.1. The summed E-state index contributed by atoms with van der Waals surface area (Å²) in [7, 11) is -2.82. The first kappa shape index (κ1) is 30.0. The van der Waals surface area contributed by atoms with Gasteiger partial charge in [-0.15, -0.1) is 0 Å². The molecular formula is C29H34ClN3O5S. The summed E-state index contributed by atoms with van der Waals surface area (Å²) in [6.07, 6.45) is 0. The van der Waals surface area contributed by atoms with Crippen molar-refractivity contribution in [1.29, 1.82) is 0 Å². The third-order valence-electron chi connectivity index (χ3n) is 6.05. The summed E-state index contributed by atoms with van der Waals surface area (Å²) < 4.78 is 34.2. The Balaban J connectivity index is 2.09. The Kier molecular flexibility index (Phi) is 9.99. The minimum Gasteiger partial charge on any atom is -0.495 e. The number of carbonyl (C=O) groups excluding carboxylic acids is 2. The second-order valence-electron chi connectivity index (χ2n) is 9.49. The van der Waals surface area contributed by atoms with Gasteiger partial charge in [-0.05, 0) is 63.6 Å². The Bertz CT molecular complexity index is 1410. The summed E-state index contributed by atoms with van der Waals surface area (Å²) in [5.41, 5.74) is 1.92. The van der Waals surface area contributed by atoms with Crippen LogP contribution >= 0.6 is 11.6 Å². The average molecular weight is 572 g/mol. The van der Waals surface area contributed by atoms with Gasteiger partial charge in [0.05, 0.1) is 17.7 Å². The average Bonchev–Trinajstić information content (AvgIpc) is 2.90. The van der Waals surface area contributed by atoms with Crippen LogP contribution in [0.4, 0.5) is 5.69 Å². The molecule has 0 radical (unpaired) electrons. The molecule has 8 nitrogen and oxygen atoms in total. The topological polar surface area (TPSA) is 96.0 Å². The highest BCUT2D eigenvalue weighted by atomic mass is 35.5. The Labute approximate surface area is 235 Å². The molecule has 1 N–H and O–H groups in total. The number of hydrogen-bond acceptors (Lipinski definition) is 5. The molecule has 0 unspecified atom stereocenters. The molecule has 0 saturated carbocycles. The van der Waals surface area contributed by atoms with Crippen molar-refractivity contribution < 1.29 is 22.7 Å². The van der Waals surface area contributed by atoms with Crippen LogP contribution in [0.5, 0.6) is 5.75 Å². The summed E-state index contributed by atoms with van der Waals surface area (Å²) in [5.74, 6) is -0.684. The van der Waals surface area contributed by atoms with Crippen molar-refractivity contribution in [1.82, 2.24) is 10.2 Å². The molecule has 1 atom stereocenters. The van der Waals surface area contributed by atoms with Crippen LogP contribution in [0.2, 0.25) is 5.02 Å². The number of benzene rings is 3. The molecule has 0 aliphatic heterocycles. The molecule has 0 saturated heterocycles. The highest BCUT2D eigenvalue weighted by Crippen LogP contribution is 2.35. The normalized spacial score (nSPS) is 12.1. The minimum atomic E-state index is -4.23. The molecule has 10 heteroatoms. The Morgan fingerprint density at radius 1 is 0.974 bits per heavy atom. The molecule has 39 heavy (non-hydrogen) atoms. The summed E-state index contributed by atoms with van der Waals surface area (Å²) in [5, 5.41) is 3.11. The van der Waals surface area contributed by atoms with Gasteiger partial charge in [0.15, 0.2) is 0 Å². The van der Waals surface area contributed by atoms with E-state index in [0.717, 1.165) is 15.4 Å². The van der Waals surface area contributed by atoms with Crippen LogP contribution in [0.1, 0.15) is 31.9 Å². The van der Waals surface area contributed by atoms with E-state index in [1.807, 2.05) is 45.0 Å². The number of carbonyl (C=O) groups is 2. The Hall–Kier alpha value is -3.56. The van der Waals surface area contributed by atoms with Crippen molar-refractivity contribution >= 4 is 39.1 Å². The number of sulfonamides is 1. The maximum absolute atomic E-state index is 14.0. The number of anilines is 1. The summed E-state index contributed by atoms with van der Waals surface area (Å²) >= 11 is 6.25. The molecule has 0 bridgehead atoms. The molecular weight excluding hydrogens is 538 g/mol. The van der Waals surface area contributed by atoms with Gasteiger partial charge < -0.3 is 15.0 Å². The van der Waals surface area contributed by atoms with Gasteiger partial charge in [0.25, 0.3) is 10.0 Å². The van der Waals surface area contributed by atoms with Gasteiger partial charge in [-0.3, -0.25) is 13.9 Å². The van der Waals surface area contributed by atoms with Gasteiger partial charge in [-0.1, -0.05) is 59.6 Å². The van der Waals surface area contributed by atoms with Crippen LogP contribution in [0.3, 0.4) is 0 Å². The summed E-state index contributed by atoms with van der Waals surface area (Å²) in [6, 6.07) is 18.9. The lowest BCUT2D eigenvalue weighted by Crippen LogP contribution is -2.52. The smallest absolute Gasteiger partial charge is 0.264 e. The number of ether oxygens (including phenoxy) is 1. The molecule has 0 fully saturated rings. The zero-order valence-corrected chi connectivity index (χ0v) is 24.3. The molecule has 3 rings (SSSR count). The van der Waals surface area contributed by atoms with Crippen LogP contribution < -0.4 is 14.4 Å². The standard InChI is InChI=1S/C29H34ClN3O5S/c1-20(2)31-29(35)22(4)32(18-23-11-9-10-21(3)16-23)28(34)19-33(26-17-24(30)14-15-27(26)38-5)39(36,37)25-12-7-6-8-13-25/h6-17,20,22H,18-19H2,1-5H3,(H,31,35)/t22-/m0/s1. The first-order valence-electron chi connectivity index (χ1n) is 12.5. The molecule has 208 valence electrons. The summed E-state index contributed by atoms with van der Waals surface area (Å²) in [4.78, 5) is 28.4. The molecule has 0 aliphatic rings. The predicted molar refractivity (Wildman–Crippen MR) is 153 cm³/mol. The van der Waals surface area contributed by atoms with E-state index in [9.17, 15) is 18.0 Å².